The van der Waals surface area contributed by atoms with Gasteiger partial charge in [0.25, 0.3) is 5.91 Å². The van der Waals surface area contributed by atoms with Crippen molar-refractivity contribution in [1.82, 2.24) is 9.55 Å². The zero-order valence-corrected chi connectivity index (χ0v) is 18.4. The zero-order valence-electron chi connectivity index (χ0n) is 17.6. The Labute approximate surface area is 189 Å². The average molecular weight is 445 g/mol. The number of thioether (sulfide) groups is 1. The standard InChI is InChI=1S/C25H21FN4OS/c1-15-22(24(31)28-18-11-9-17(26)10-12-18)23(16-7-13-19(32-2)14-8-16)30-21-6-4-3-5-20(21)29-25(30)27-15/h3-14,23H,1-2H3,(H,27,29)(H,28,31). The summed E-state index contributed by atoms with van der Waals surface area (Å²) in [4.78, 5) is 19.4. The molecule has 5 rings (SSSR count). The summed E-state index contributed by atoms with van der Waals surface area (Å²) in [5.74, 6) is 0.101. The van der Waals surface area contributed by atoms with Gasteiger partial charge < -0.3 is 10.6 Å². The molecule has 1 aliphatic heterocycles. The van der Waals surface area contributed by atoms with Crippen LogP contribution in [0.3, 0.4) is 0 Å². The van der Waals surface area contributed by atoms with E-state index in [1.807, 2.05) is 37.4 Å². The fourth-order valence-corrected chi connectivity index (χ4v) is 4.50. The second-order valence-corrected chi connectivity index (χ2v) is 8.47. The lowest BCUT2D eigenvalue weighted by Gasteiger charge is -2.30. The summed E-state index contributed by atoms with van der Waals surface area (Å²) in [6, 6.07) is 21.5. The molecule has 1 unspecified atom stereocenters. The van der Waals surface area contributed by atoms with Crippen molar-refractivity contribution in [3.05, 3.63) is 95.4 Å². The summed E-state index contributed by atoms with van der Waals surface area (Å²) >= 11 is 1.67. The van der Waals surface area contributed by atoms with Gasteiger partial charge in [-0.15, -0.1) is 11.8 Å². The van der Waals surface area contributed by atoms with Gasteiger partial charge in [0.05, 0.1) is 22.6 Å². The third-order valence-corrected chi connectivity index (χ3v) is 6.35. The normalized spacial score (nSPS) is 15.4. The molecule has 0 radical (unpaired) electrons. The van der Waals surface area contributed by atoms with E-state index in [2.05, 4.69) is 39.5 Å². The van der Waals surface area contributed by atoms with E-state index in [9.17, 15) is 9.18 Å². The largest absolute Gasteiger partial charge is 0.329 e. The lowest BCUT2D eigenvalue weighted by molar-refractivity contribution is -0.113. The summed E-state index contributed by atoms with van der Waals surface area (Å²) in [6.07, 6.45) is 2.03. The number of anilines is 2. The Kier molecular flexibility index (Phi) is 5.19. The lowest BCUT2D eigenvalue weighted by Crippen LogP contribution is -2.30. The maximum absolute atomic E-state index is 13.5. The van der Waals surface area contributed by atoms with Gasteiger partial charge in [-0.3, -0.25) is 9.36 Å². The number of hydrogen-bond donors (Lipinski definition) is 2. The van der Waals surface area contributed by atoms with Crippen LogP contribution in [0, 0.1) is 5.82 Å². The molecular weight excluding hydrogens is 423 g/mol. The number of allylic oxidation sites excluding steroid dienone is 1. The number of amides is 1. The molecule has 2 N–H and O–H groups in total. The first-order valence-corrected chi connectivity index (χ1v) is 11.4. The van der Waals surface area contributed by atoms with Crippen LogP contribution < -0.4 is 10.6 Å². The van der Waals surface area contributed by atoms with E-state index < -0.39 is 0 Å². The summed E-state index contributed by atoms with van der Waals surface area (Å²) in [5.41, 5.74) is 4.63. The molecule has 1 aromatic heterocycles. The third kappa shape index (κ3) is 3.54. The van der Waals surface area contributed by atoms with Crippen molar-refractivity contribution >= 4 is 40.3 Å². The first-order valence-electron chi connectivity index (χ1n) is 10.2. The van der Waals surface area contributed by atoms with Gasteiger partial charge in [0.15, 0.2) is 0 Å². The predicted octanol–water partition coefficient (Wildman–Crippen LogP) is 5.82. The van der Waals surface area contributed by atoms with Gasteiger partial charge in [-0.25, -0.2) is 9.37 Å². The number of benzene rings is 3. The van der Waals surface area contributed by atoms with Crippen molar-refractivity contribution in [1.29, 1.82) is 0 Å². The number of nitrogens with zero attached hydrogens (tertiary/aromatic N) is 2. The fourth-order valence-electron chi connectivity index (χ4n) is 4.09. The minimum Gasteiger partial charge on any atom is -0.329 e. The fraction of sp³-hybridized carbons (Fsp3) is 0.120. The zero-order chi connectivity index (χ0) is 22.2. The molecule has 5 nitrogen and oxygen atoms in total. The van der Waals surface area contributed by atoms with Crippen LogP contribution in [0.4, 0.5) is 16.0 Å². The third-order valence-electron chi connectivity index (χ3n) is 5.61. The van der Waals surface area contributed by atoms with Crippen LogP contribution in [0.5, 0.6) is 0 Å². The second-order valence-electron chi connectivity index (χ2n) is 7.59. The maximum Gasteiger partial charge on any atom is 0.255 e. The molecule has 7 heteroatoms. The van der Waals surface area contributed by atoms with Crippen molar-refractivity contribution in [2.45, 2.75) is 17.9 Å². The second kappa shape index (κ2) is 8.16. The van der Waals surface area contributed by atoms with Crippen molar-refractivity contribution in [2.24, 2.45) is 0 Å². The minimum absolute atomic E-state index is 0.246. The van der Waals surface area contributed by atoms with Crippen molar-refractivity contribution in [3.8, 4) is 0 Å². The molecule has 4 aromatic rings. The van der Waals surface area contributed by atoms with E-state index in [1.54, 1.807) is 23.9 Å². The Morgan fingerprint density at radius 2 is 1.78 bits per heavy atom. The SMILES string of the molecule is CSc1ccc(C2C(C(=O)Nc3ccc(F)cc3)=C(C)Nc3nc4ccccc4n32)cc1. The monoisotopic (exact) mass is 444 g/mol. The summed E-state index contributed by atoms with van der Waals surface area (Å²) in [7, 11) is 0. The van der Waals surface area contributed by atoms with E-state index in [1.165, 1.54) is 12.1 Å². The Morgan fingerprint density at radius 1 is 1.06 bits per heavy atom. The maximum atomic E-state index is 13.5. The van der Waals surface area contributed by atoms with Crippen LogP contribution in [0.1, 0.15) is 18.5 Å². The van der Waals surface area contributed by atoms with Crippen LogP contribution >= 0.6 is 11.8 Å². The number of imidazole rings is 1. The molecule has 32 heavy (non-hydrogen) atoms. The Hall–Kier alpha value is -3.58. The summed E-state index contributed by atoms with van der Waals surface area (Å²) in [5, 5.41) is 6.23. The summed E-state index contributed by atoms with van der Waals surface area (Å²) < 4.78 is 15.4. The number of nitrogens with one attached hydrogen (secondary N) is 2. The van der Waals surface area contributed by atoms with E-state index >= 15 is 0 Å². The minimum atomic E-state index is -0.366. The average Bonchev–Trinajstić information content (AvgIpc) is 3.17. The highest BCUT2D eigenvalue weighted by molar-refractivity contribution is 7.98. The molecule has 0 saturated carbocycles. The van der Waals surface area contributed by atoms with Gasteiger partial charge in [0.2, 0.25) is 5.95 Å². The molecule has 0 spiro atoms. The van der Waals surface area contributed by atoms with Gasteiger partial charge in [0.1, 0.15) is 5.82 Å². The Bertz CT molecular complexity index is 1340. The number of rotatable bonds is 4. The van der Waals surface area contributed by atoms with E-state index in [4.69, 9.17) is 4.98 Å². The quantitative estimate of drug-likeness (QED) is 0.389. The molecule has 1 amide bonds. The van der Waals surface area contributed by atoms with Gasteiger partial charge in [-0.05, 0) is 67.3 Å². The molecule has 160 valence electrons. The molecule has 1 aliphatic rings. The summed E-state index contributed by atoms with van der Waals surface area (Å²) in [6.45, 7) is 1.88. The molecule has 1 atom stereocenters. The van der Waals surface area contributed by atoms with Crippen LogP contribution in [0.15, 0.2) is 89.0 Å². The number of carbonyl (C=O) groups is 1. The van der Waals surface area contributed by atoms with Crippen LogP contribution in [-0.2, 0) is 4.79 Å². The van der Waals surface area contributed by atoms with Gasteiger partial charge in [-0.2, -0.15) is 0 Å². The number of hydrogen-bond acceptors (Lipinski definition) is 4. The van der Waals surface area contributed by atoms with Crippen molar-refractivity contribution in [3.63, 3.8) is 0 Å². The number of carbonyl (C=O) groups excluding carboxylic acids is 1. The van der Waals surface area contributed by atoms with Crippen LogP contribution in [-0.4, -0.2) is 21.7 Å². The van der Waals surface area contributed by atoms with Crippen molar-refractivity contribution < 1.29 is 9.18 Å². The van der Waals surface area contributed by atoms with Gasteiger partial charge >= 0.3 is 0 Å². The van der Waals surface area contributed by atoms with Crippen LogP contribution in [0.2, 0.25) is 0 Å². The van der Waals surface area contributed by atoms with Gasteiger partial charge in [0, 0.05) is 16.3 Å². The first-order chi connectivity index (χ1) is 15.5. The number of fused-ring (bicyclic) bond motifs is 3. The van der Waals surface area contributed by atoms with E-state index in [0.717, 1.165) is 27.2 Å². The van der Waals surface area contributed by atoms with Crippen LogP contribution in [0.25, 0.3) is 11.0 Å². The number of para-hydroxylation sites is 2. The molecule has 0 aliphatic carbocycles. The van der Waals surface area contributed by atoms with E-state index in [0.29, 0.717) is 17.2 Å². The molecule has 2 heterocycles. The Balaban J connectivity index is 1.64. The molecule has 0 fully saturated rings. The highest BCUT2D eigenvalue weighted by Crippen LogP contribution is 2.39. The number of halogens is 1. The predicted molar refractivity (Wildman–Crippen MR) is 127 cm³/mol. The first kappa shape index (κ1) is 20.3. The smallest absolute Gasteiger partial charge is 0.255 e. The number of aromatic nitrogens is 2. The lowest BCUT2D eigenvalue weighted by atomic mass is 9.94. The van der Waals surface area contributed by atoms with Crippen molar-refractivity contribution in [2.75, 3.05) is 16.9 Å². The highest BCUT2D eigenvalue weighted by Gasteiger charge is 2.34. The highest BCUT2D eigenvalue weighted by atomic mass is 32.2. The molecular formula is C25H21FN4OS. The van der Waals surface area contributed by atoms with Gasteiger partial charge in [-0.1, -0.05) is 24.3 Å². The molecule has 0 bridgehead atoms. The Morgan fingerprint density at radius 3 is 2.50 bits per heavy atom. The molecule has 0 saturated heterocycles. The topological polar surface area (TPSA) is 59.0 Å². The van der Waals surface area contributed by atoms with E-state index in [-0.39, 0.29) is 17.8 Å². The molecule has 3 aromatic carbocycles.